The fraction of sp³-hybridized carbons (Fsp3) is 0.333. The smallest absolute Gasteiger partial charge is 0.305 e. The molecule has 1 saturated carbocycles. The molecule has 0 unspecified atom stereocenters. The third kappa shape index (κ3) is 5.88. The molecule has 1 fully saturated rings. The number of carboxylic acids is 1. The predicted molar refractivity (Wildman–Crippen MR) is 132 cm³/mol. The first-order valence-electron chi connectivity index (χ1n) is 11.2. The molecule has 2 aromatic carbocycles. The van der Waals surface area contributed by atoms with Crippen LogP contribution >= 0.6 is 0 Å². The van der Waals surface area contributed by atoms with Crippen molar-refractivity contribution in [3.63, 3.8) is 0 Å². The van der Waals surface area contributed by atoms with Gasteiger partial charge in [-0.05, 0) is 74.2 Å². The largest absolute Gasteiger partial charge is 0.481 e. The summed E-state index contributed by atoms with van der Waals surface area (Å²) in [6, 6.07) is 16.3. The highest BCUT2D eigenvalue weighted by atomic mass is 16.4. The Morgan fingerprint density at radius 3 is 1.78 bits per heavy atom. The maximum atomic E-state index is 12.9. The highest BCUT2D eigenvalue weighted by Crippen LogP contribution is 2.30. The molecule has 2 aromatic rings. The predicted octanol–water partition coefficient (Wildman–Crippen LogP) is 5.27. The number of hydrogen-bond donors (Lipinski definition) is 1. The molecule has 5 nitrogen and oxygen atoms in total. The molecule has 0 amide bonds. The van der Waals surface area contributed by atoms with Crippen LogP contribution in [0.4, 0.5) is 11.4 Å². The van der Waals surface area contributed by atoms with Gasteiger partial charge in [0.25, 0.3) is 0 Å². The lowest BCUT2D eigenvalue weighted by atomic mass is 10.1. The molecule has 32 heavy (non-hydrogen) atoms. The molecular formula is C27H32N2O3. The summed E-state index contributed by atoms with van der Waals surface area (Å²) in [5.74, 6) is -0.679. The van der Waals surface area contributed by atoms with Gasteiger partial charge in [0, 0.05) is 49.2 Å². The third-order valence-electron chi connectivity index (χ3n) is 5.95. The highest BCUT2D eigenvalue weighted by molar-refractivity contribution is 6.15. The van der Waals surface area contributed by atoms with E-state index in [-0.39, 0.29) is 12.2 Å². The molecule has 0 atom stereocenters. The van der Waals surface area contributed by atoms with Crippen LogP contribution in [0.2, 0.25) is 0 Å². The Bertz CT molecular complexity index is 1000. The van der Waals surface area contributed by atoms with Crippen LogP contribution in [0.5, 0.6) is 0 Å². The molecule has 5 heteroatoms. The molecule has 1 N–H and O–H groups in total. The Morgan fingerprint density at radius 1 is 0.875 bits per heavy atom. The summed E-state index contributed by atoms with van der Waals surface area (Å²) >= 11 is 0. The molecule has 0 bridgehead atoms. The Morgan fingerprint density at radius 2 is 1.34 bits per heavy atom. The van der Waals surface area contributed by atoms with E-state index < -0.39 is 5.97 Å². The molecule has 0 heterocycles. The second kappa shape index (κ2) is 10.8. The number of allylic oxidation sites excluding steroid dienone is 2. The Kier molecular flexibility index (Phi) is 7.87. The molecule has 0 saturated heterocycles. The van der Waals surface area contributed by atoms with Crippen LogP contribution in [-0.2, 0) is 9.59 Å². The summed E-state index contributed by atoms with van der Waals surface area (Å²) in [4.78, 5) is 27.9. The van der Waals surface area contributed by atoms with Gasteiger partial charge in [-0.25, -0.2) is 0 Å². The van der Waals surface area contributed by atoms with Crippen molar-refractivity contribution >= 4 is 35.3 Å². The third-order valence-corrected chi connectivity index (χ3v) is 5.95. The van der Waals surface area contributed by atoms with Crippen LogP contribution in [0.3, 0.4) is 0 Å². The van der Waals surface area contributed by atoms with Crippen molar-refractivity contribution < 1.29 is 14.7 Å². The normalized spacial score (nSPS) is 16.0. The van der Waals surface area contributed by atoms with Crippen molar-refractivity contribution in [1.29, 1.82) is 0 Å². The van der Waals surface area contributed by atoms with Gasteiger partial charge in [-0.3, -0.25) is 9.59 Å². The SMILES string of the molecule is CCN(CC)c1ccc(/C=C2\CC/C(=C\c3ccc(N(C)CCC(=O)O)cc3)C2=O)cc1. The average molecular weight is 433 g/mol. The highest BCUT2D eigenvalue weighted by Gasteiger charge is 2.23. The van der Waals surface area contributed by atoms with E-state index >= 15 is 0 Å². The molecule has 3 rings (SSSR count). The lowest BCUT2D eigenvalue weighted by molar-refractivity contribution is -0.136. The standard InChI is InChI=1S/C27H32N2O3/c1-4-29(5-2)25-14-8-21(9-15-25)19-23-11-10-22(27(23)32)18-20-6-12-24(13-7-20)28(3)17-16-26(30)31/h6-9,12-15,18-19H,4-5,10-11,16-17H2,1-3H3,(H,30,31)/b22-18+,23-19+. The number of benzene rings is 2. The van der Waals surface area contributed by atoms with E-state index in [0.717, 1.165) is 53.9 Å². The molecular weight excluding hydrogens is 400 g/mol. The number of carboxylic acid groups (broad SMARTS) is 1. The molecule has 1 aliphatic carbocycles. The topological polar surface area (TPSA) is 60.9 Å². The van der Waals surface area contributed by atoms with E-state index in [9.17, 15) is 9.59 Å². The van der Waals surface area contributed by atoms with Gasteiger partial charge in [-0.1, -0.05) is 24.3 Å². The van der Waals surface area contributed by atoms with Gasteiger partial charge >= 0.3 is 5.97 Å². The molecule has 0 spiro atoms. The zero-order valence-electron chi connectivity index (χ0n) is 19.2. The molecule has 0 radical (unpaired) electrons. The van der Waals surface area contributed by atoms with E-state index in [0.29, 0.717) is 6.54 Å². The maximum absolute atomic E-state index is 12.9. The molecule has 1 aliphatic rings. The van der Waals surface area contributed by atoms with Gasteiger partial charge in [-0.15, -0.1) is 0 Å². The second-order valence-corrected chi connectivity index (χ2v) is 8.09. The number of nitrogens with zero attached hydrogens (tertiary/aromatic N) is 2. The summed E-state index contributed by atoms with van der Waals surface area (Å²) in [6.07, 6.45) is 5.59. The first-order valence-corrected chi connectivity index (χ1v) is 11.2. The van der Waals surface area contributed by atoms with Gasteiger partial charge < -0.3 is 14.9 Å². The minimum absolute atomic E-state index is 0.101. The minimum Gasteiger partial charge on any atom is -0.481 e. The van der Waals surface area contributed by atoms with Gasteiger partial charge in [0.1, 0.15) is 0 Å². The van der Waals surface area contributed by atoms with Crippen LogP contribution in [0.25, 0.3) is 12.2 Å². The monoisotopic (exact) mass is 432 g/mol. The molecule has 0 aliphatic heterocycles. The summed E-state index contributed by atoms with van der Waals surface area (Å²) in [5, 5.41) is 8.83. The van der Waals surface area contributed by atoms with Gasteiger partial charge in [0.15, 0.2) is 5.78 Å². The number of carbonyl (C=O) groups is 2. The summed E-state index contributed by atoms with van der Waals surface area (Å²) in [5.41, 5.74) is 5.89. The van der Waals surface area contributed by atoms with Crippen LogP contribution in [0.1, 0.15) is 44.2 Å². The molecule has 0 aromatic heterocycles. The van der Waals surface area contributed by atoms with Crippen molar-refractivity contribution in [2.24, 2.45) is 0 Å². The average Bonchev–Trinajstić information content (AvgIpc) is 3.13. The van der Waals surface area contributed by atoms with Crippen LogP contribution < -0.4 is 9.80 Å². The summed E-state index contributed by atoms with van der Waals surface area (Å²) in [6.45, 7) is 6.70. The van der Waals surface area contributed by atoms with Crippen molar-refractivity contribution in [1.82, 2.24) is 0 Å². The van der Waals surface area contributed by atoms with Crippen LogP contribution in [0, 0.1) is 0 Å². The minimum atomic E-state index is -0.804. The van der Waals surface area contributed by atoms with Crippen LogP contribution in [0.15, 0.2) is 59.7 Å². The van der Waals surface area contributed by atoms with E-state index in [4.69, 9.17) is 5.11 Å². The van der Waals surface area contributed by atoms with E-state index in [1.54, 1.807) is 0 Å². The fourth-order valence-electron chi connectivity index (χ4n) is 3.97. The van der Waals surface area contributed by atoms with E-state index in [1.807, 2.05) is 48.4 Å². The number of rotatable bonds is 9. The fourth-order valence-corrected chi connectivity index (χ4v) is 3.97. The van der Waals surface area contributed by atoms with Crippen molar-refractivity contribution in [2.75, 3.05) is 36.5 Å². The van der Waals surface area contributed by atoms with Gasteiger partial charge in [0.2, 0.25) is 0 Å². The first kappa shape index (κ1) is 23.3. The van der Waals surface area contributed by atoms with Gasteiger partial charge in [-0.2, -0.15) is 0 Å². The number of aliphatic carboxylic acids is 1. The van der Waals surface area contributed by atoms with Crippen molar-refractivity contribution in [3.8, 4) is 0 Å². The lowest BCUT2D eigenvalue weighted by Crippen LogP contribution is -2.21. The van der Waals surface area contributed by atoms with Crippen LogP contribution in [-0.4, -0.2) is 43.5 Å². The number of anilines is 2. The van der Waals surface area contributed by atoms with E-state index in [2.05, 4.69) is 43.0 Å². The summed E-state index contributed by atoms with van der Waals surface area (Å²) in [7, 11) is 1.88. The molecule has 168 valence electrons. The first-order chi connectivity index (χ1) is 15.4. The van der Waals surface area contributed by atoms with Gasteiger partial charge in [0.05, 0.1) is 6.42 Å². The summed E-state index contributed by atoms with van der Waals surface area (Å²) < 4.78 is 0. The Balaban J connectivity index is 1.67. The van der Waals surface area contributed by atoms with Crippen molar-refractivity contribution in [3.05, 3.63) is 70.8 Å². The number of hydrogen-bond acceptors (Lipinski definition) is 4. The zero-order valence-corrected chi connectivity index (χ0v) is 19.2. The second-order valence-electron chi connectivity index (χ2n) is 8.09. The quantitative estimate of drug-likeness (QED) is 0.547. The zero-order chi connectivity index (χ0) is 23.1. The number of Topliss-reactive ketones (excluding diaryl/α,β-unsaturated/α-hetero) is 1. The van der Waals surface area contributed by atoms with E-state index in [1.165, 1.54) is 5.69 Å². The number of carbonyl (C=O) groups excluding carboxylic acids is 1. The maximum Gasteiger partial charge on any atom is 0.305 e. The Labute approximate surface area is 190 Å². The number of ketones is 1. The lowest BCUT2D eigenvalue weighted by Gasteiger charge is -2.20. The Hall–Kier alpha value is -3.34. The van der Waals surface area contributed by atoms with Crippen molar-refractivity contribution in [2.45, 2.75) is 33.1 Å².